The van der Waals surface area contributed by atoms with E-state index >= 15 is 0 Å². The largest absolute Gasteiger partial charge is 0.857 e. The molecule has 0 radical (unpaired) electrons. The zero-order chi connectivity index (χ0) is 11.9. The first-order valence-corrected chi connectivity index (χ1v) is 4.49. The zero-order valence-corrected chi connectivity index (χ0v) is 9.23. The van der Waals surface area contributed by atoms with Crippen LogP contribution in [0, 0.1) is 0 Å². The minimum atomic E-state index is -0.426. The molecule has 2 N–H and O–H groups in total. The smallest absolute Gasteiger partial charge is 0.264 e. The molecule has 0 saturated carbocycles. The number of quaternary nitrogens is 1. The van der Waals surface area contributed by atoms with Gasteiger partial charge in [0.25, 0.3) is 5.56 Å². The molecule has 0 aliphatic heterocycles. The Balaban J connectivity index is 0.000000265. The SMILES string of the molecule is C[N+](C)(C)CCO.O=c1ccc([O-])n[nH]1. The van der Waals surface area contributed by atoms with E-state index < -0.39 is 5.88 Å². The lowest BCUT2D eigenvalue weighted by Crippen LogP contribution is -2.36. The summed E-state index contributed by atoms with van der Waals surface area (Å²) in [4.78, 5) is 10.2. The summed E-state index contributed by atoms with van der Waals surface area (Å²) in [5.74, 6) is -0.426. The molecule has 0 aromatic carbocycles. The van der Waals surface area contributed by atoms with Gasteiger partial charge in [-0.3, -0.25) is 4.79 Å². The van der Waals surface area contributed by atoms with Crippen molar-refractivity contribution >= 4 is 0 Å². The summed E-state index contributed by atoms with van der Waals surface area (Å²) in [6.07, 6.45) is 0. The lowest BCUT2D eigenvalue weighted by molar-refractivity contribution is -0.870. The minimum Gasteiger partial charge on any atom is -0.857 e. The van der Waals surface area contributed by atoms with Crippen molar-refractivity contribution < 1.29 is 14.7 Å². The monoisotopic (exact) mass is 215 g/mol. The molecule has 1 rings (SSSR count). The van der Waals surface area contributed by atoms with Gasteiger partial charge in [-0.1, -0.05) is 0 Å². The third kappa shape index (κ3) is 8.92. The summed E-state index contributed by atoms with van der Waals surface area (Å²) < 4.78 is 0.844. The Morgan fingerprint density at radius 3 is 2.27 bits per heavy atom. The Kier molecular flexibility index (Phi) is 5.58. The van der Waals surface area contributed by atoms with E-state index in [-0.39, 0.29) is 12.2 Å². The van der Waals surface area contributed by atoms with Crippen LogP contribution in [0.3, 0.4) is 0 Å². The zero-order valence-electron chi connectivity index (χ0n) is 9.23. The van der Waals surface area contributed by atoms with E-state index in [2.05, 4.69) is 26.2 Å². The Bertz CT molecular complexity index is 310. The van der Waals surface area contributed by atoms with Crippen LogP contribution < -0.4 is 10.7 Å². The van der Waals surface area contributed by atoms with Gasteiger partial charge in [-0.05, 0) is 6.07 Å². The molecule has 0 amide bonds. The molecule has 1 aromatic rings. The van der Waals surface area contributed by atoms with Crippen LogP contribution >= 0.6 is 0 Å². The molecule has 0 aliphatic carbocycles. The molecule has 0 aliphatic rings. The lowest BCUT2D eigenvalue weighted by Gasteiger charge is -2.21. The van der Waals surface area contributed by atoms with Crippen LogP contribution in [0.15, 0.2) is 16.9 Å². The number of nitrogens with one attached hydrogen (secondary N) is 1. The Labute approximate surface area is 88.4 Å². The number of aliphatic hydroxyl groups is 1. The molecule has 1 aromatic heterocycles. The molecule has 0 spiro atoms. The van der Waals surface area contributed by atoms with Crippen LogP contribution in [-0.4, -0.2) is 54.1 Å². The standard InChI is InChI=1S/C5H14NO.C4H4N2O2/c1-6(2,3)4-5-7;7-3-1-2-4(8)6-5-3/h7H,4-5H2,1-3H3;1-2H,(H,5,7)(H,6,8)/q+1;/p-1. The fourth-order valence-corrected chi connectivity index (χ4v) is 0.632. The van der Waals surface area contributed by atoms with Gasteiger partial charge < -0.3 is 14.7 Å². The molecule has 0 fully saturated rings. The molecule has 15 heavy (non-hydrogen) atoms. The highest BCUT2D eigenvalue weighted by atomic mass is 16.3. The summed E-state index contributed by atoms with van der Waals surface area (Å²) in [5, 5.41) is 23.6. The number of rotatable bonds is 2. The molecule has 6 heteroatoms. The maximum Gasteiger partial charge on any atom is 0.264 e. The summed E-state index contributed by atoms with van der Waals surface area (Å²) in [6.45, 7) is 1.11. The van der Waals surface area contributed by atoms with Crippen LogP contribution in [-0.2, 0) is 0 Å². The fourth-order valence-electron chi connectivity index (χ4n) is 0.632. The van der Waals surface area contributed by atoms with E-state index in [1.807, 2.05) is 5.10 Å². The second-order valence-corrected chi connectivity index (χ2v) is 4.00. The second-order valence-electron chi connectivity index (χ2n) is 4.00. The van der Waals surface area contributed by atoms with Crippen LogP contribution in [0.1, 0.15) is 0 Å². The number of aromatic amines is 1. The van der Waals surface area contributed by atoms with Crippen molar-refractivity contribution in [3.63, 3.8) is 0 Å². The Morgan fingerprint density at radius 1 is 1.47 bits per heavy atom. The van der Waals surface area contributed by atoms with Gasteiger partial charge in [-0.2, -0.15) is 5.10 Å². The minimum absolute atomic E-state index is 0.281. The topological polar surface area (TPSA) is 89.0 Å². The van der Waals surface area contributed by atoms with Crippen molar-refractivity contribution in [3.8, 4) is 5.88 Å². The average Bonchev–Trinajstić information content (AvgIpc) is 2.09. The molecular formula is C9H17N3O3. The van der Waals surface area contributed by atoms with Crippen molar-refractivity contribution in [2.75, 3.05) is 34.3 Å². The van der Waals surface area contributed by atoms with E-state index in [1.54, 1.807) is 0 Å². The number of hydrogen-bond donors (Lipinski definition) is 2. The van der Waals surface area contributed by atoms with Crippen LogP contribution in [0.4, 0.5) is 0 Å². The Morgan fingerprint density at radius 2 is 2.07 bits per heavy atom. The number of H-pyrrole nitrogens is 1. The van der Waals surface area contributed by atoms with Gasteiger partial charge in [-0.25, -0.2) is 5.10 Å². The highest BCUT2D eigenvalue weighted by Gasteiger charge is 2.02. The maximum absolute atomic E-state index is 10.2. The first-order valence-electron chi connectivity index (χ1n) is 4.49. The highest BCUT2D eigenvalue weighted by Crippen LogP contribution is 1.85. The van der Waals surface area contributed by atoms with Crippen molar-refractivity contribution in [2.24, 2.45) is 0 Å². The predicted octanol–water partition coefficient (Wildman–Crippen LogP) is -1.47. The van der Waals surface area contributed by atoms with Crippen molar-refractivity contribution in [3.05, 3.63) is 22.5 Å². The first kappa shape index (κ1) is 13.6. The normalized spacial score (nSPS) is 10.4. The summed E-state index contributed by atoms with van der Waals surface area (Å²) in [6, 6.07) is 2.24. The predicted molar refractivity (Wildman–Crippen MR) is 54.3 cm³/mol. The maximum atomic E-state index is 10.2. The van der Waals surface area contributed by atoms with Crippen molar-refractivity contribution in [1.82, 2.24) is 10.2 Å². The van der Waals surface area contributed by atoms with Gasteiger partial charge in [0.15, 0.2) is 0 Å². The van der Waals surface area contributed by atoms with Gasteiger partial charge in [0.05, 0.1) is 27.7 Å². The second kappa shape index (κ2) is 6.15. The lowest BCUT2D eigenvalue weighted by atomic mass is 10.5. The molecule has 6 nitrogen and oxygen atoms in total. The van der Waals surface area contributed by atoms with Crippen molar-refractivity contribution in [1.29, 1.82) is 0 Å². The molecule has 0 saturated heterocycles. The number of aliphatic hydroxyl groups excluding tert-OH is 1. The van der Waals surface area contributed by atoms with Crippen LogP contribution in [0.2, 0.25) is 0 Å². The molecule has 0 atom stereocenters. The average molecular weight is 215 g/mol. The number of aromatic nitrogens is 2. The van der Waals surface area contributed by atoms with E-state index in [0.717, 1.165) is 23.2 Å². The van der Waals surface area contributed by atoms with Gasteiger partial charge in [0, 0.05) is 11.9 Å². The molecule has 86 valence electrons. The van der Waals surface area contributed by atoms with E-state index in [4.69, 9.17) is 5.11 Å². The molecule has 0 unspecified atom stereocenters. The molecule has 0 bridgehead atoms. The van der Waals surface area contributed by atoms with Crippen LogP contribution in [0.5, 0.6) is 5.88 Å². The fraction of sp³-hybridized carbons (Fsp3) is 0.556. The Hall–Kier alpha value is -1.40. The van der Waals surface area contributed by atoms with Crippen molar-refractivity contribution in [2.45, 2.75) is 0 Å². The third-order valence-electron chi connectivity index (χ3n) is 1.42. The summed E-state index contributed by atoms with van der Waals surface area (Å²) >= 11 is 0. The van der Waals surface area contributed by atoms with Gasteiger partial charge in [-0.15, -0.1) is 0 Å². The van der Waals surface area contributed by atoms with Crippen LogP contribution in [0.25, 0.3) is 0 Å². The highest BCUT2D eigenvalue weighted by molar-refractivity contribution is 5.00. The van der Waals surface area contributed by atoms with E-state index in [9.17, 15) is 9.90 Å². The third-order valence-corrected chi connectivity index (χ3v) is 1.42. The summed E-state index contributed by atoms with van der Waals surface area (Å²) in [5.41, 5.74) is -0.357. The van der Waals surface area contributed by atoms with E-state index in [1.165, 1.54) is 0 Å². The molecular weight excluding hydrogens is 198 g/mol. The summed E-state index contributed by atoms with van der Waals surface area (Å²) in [7, 11) is 6.16. The molecule has 1 heterocycles. The quantitative estimate of drug-likeness (QED) is 0.589. The first-order chi connectivity index (χ1) is 6.85. The number of hydrogen-bond acceptors (Lipinski definition) is 4. The number of nitrogens with zero attached hydrogens (tertiary/aromatic N) is 2. The van der Waals surface area contributed by atoms with Gasteiger partial charge in [0.1, 0.15) is 6.54 Å². The van der Waals surface area contributed by atoms with Gasteiger partial charge in [0.2, 0.25) is 0 Å². The van der Waals surface area contributed by atoms with E-state index in [0.29, 0.717) is 0 Å². The number of likely N-dealkylation sites (N-methyl/N-ethyl adjacent to an activating group) is 1. The van der Waals surface area contributed by atoms with Gasteiger partial charge >= 0.3 is 0 Å².